The van der Waals surface area contributed by atoms with E-state index in [9.17, 15) is 4.79 Å². The maximum atomic E-state index is 11.8. The van der Waals surface area contributed by atoms with Crippen LogP contribution in [-0.4, -0.2) is 48.2 Å². The third-order valence-electron chi connectivity index (χ3n) is 3.45. The van der Waals surface area contributed by atoms with Crippen molar-refractivity contribution in [2.24, 2.45) is 0 Å². The monoisotopic (exact) mass is 296 g/mol. The standard InChI is InChI=1S/C15H21ClN2O2/c16-13-3-1-12(2-4-13)7-8-17-15(20)11-18(9-10-19)14-5-6-14/h1-4,14,19H,5-11H2,(H,17,20). The lowest BCUT2D eigenvalue weighted by Gasteiger charge is -2.20. The molecule has 0 aliphatic heterocycles. The minimum atomic E-state index is 0.0271. The van der Waals surface area contributed by atoms with Gasteiger partial charge in [-0.1, -0.05) is 23.7 Å². The summed E-state index contributed by atoms with van der Waals surface area (Å²) >= 11 is 5.82. The third-order valence-corrected chi connectivity index (χ3v) is 3.70. The lowest BCUT2D eigenvalue weighted by Crippen LogP contribution is -2.40. The molecule has 1 aliphatic rings. The van der Waals surface area contributed by atoms with Gasteiger partial charge in [-0.15, -0.1) is 0 Å². The van der Waals surface area contributed by atoms with E-state index in [1.165, 1.54) is 0 Å². The molecule has 1 aromatic rings. The van der Waals surface area contributed by atoms with Crippen LogP contribution in [0.5, 0.6) is 0 Å². The van der Waals surface area contributed by atoms with Crippen LogP contribution in [0.3, 0.4) is 0 Å². The number of nitrogens with zero attached hydrogens (tertiary/aromatic N) is 1. The molecule has 0 spiro atoms. The minimum Gasteiger partial charge on any atom is -0.395 e. The van der Waals surface area contributed by atoms with Gasteiger partial charge < -0.3 is 10.4 Å². The number of hydrogen-bond donors (Lipinski definition) is 2. The summed E-state index contributed by atoms with van der Waals surface area (Å²) in [6.45, 7) is 1.69. The number of hydrogen-bond acceptors (Lipinski definition) is 3. The second-order valence-electron chi connectivity index (χ2n) is 5.15. The van der Waals surface area contributed by atoms with Crippen LogP contribution in [0.2, 0.25) is 5.02 Å². The van der Waals surface area contributed by atoms with Gasteiger partial charge in [0.15, 0.2) is 0 Å². The Labute approximate surface area is 124 Å². The number of aliphatic hydroxyl groups is 1. The highest BCUT2D eigenvalue weighted by molar-refractivity contribution is 6.30. The predicted octanol–water partition coefficient (Wildman–Crippen LogP) is 1.46. The number of carbonyl (C=O) groups excluding carboxylic acids is 1. The van der Waals surface area contributed by atoms with Crippen molar-refractivity contribution in [3.05, 3.63) is 34.9 Å². The van der Waals surface area contributed by atoms with E-state index in [0.29, 0.717) is 25.7 Å². The van der Waals surface area contributed by atoms with Crippen molar-refractivity contribution in [2.45, 2.75) is 25.3 Å². The molecular weight excluding hydrogens is 276 g/mol. The second-order valence-corrected chi connectivity index (χ2v) is 5.59. The summed E-state index contributed by atoms with van der Waals surface area (Å²) in [7, 11) is 0. The molecule has 1 aliphatic carbocycles. The van der Waals surface area contributed by atoms with Crippen LogP contribution in [0.1, 0.15) is 18.4 Å². The molecule has 110 valence electrons. The number of benzene rings is 1. The van der Waals surface area contributed by atoms with Crippen LogP contribution in [0, 0.1) is 0 Å². The molecule has 0 radical (unpaired) electrons. The Morgan fingerprint density at radius 1 is 1.35 bits per heavy atom. The quantitative estimate of drug-likeness (QED) is 0.763. The molecule has 2 rings (SSSR count). The van der Waals surface area contributed by atoms with Crippen LogP contribution < -0.4 is 5.32 Å². The first-order chi connectivity index (χ1) is 9.69. The molecule has 2 N–H and O–H groups in total. The number of carbonyl (C=O) groups is 1. The molecule has 0 atom stereocenters. The maximum Gasteiger partial charge on any atom is 0.234 e. The fourth-order valence-electron chi connectivity index (χ4n) is 2.20. The molecule has 1 saturated carbocycles. The molecule has 4 nitrogen and oxygen atoms in total. The molecule has 0 heterocycles. The van der Waals surface area contributed by atoms with Gasteiger partial charge in [-0.3, -0.25) is 9.69 Å². The molecule has 0 bridgehead atoms. The van der Waals surface area contributed by atoms with Crippen LogP contribution in [0.25, 0.3) is 0 Å². The smallest absolute Gasteiger partial charge is 0.234 e. The minimum absolute atomic E-state index is 0.0271. The maximum absolute atomic E-state index is 11.8. The van der Waals surface area contributed by atoms with Gasteiger partial charge in [-0.2, -0.15) is 0 Å². The molecule has 5 heteroatoms. The molecule has 0 unspecified atom stereocenters. The van der Waals surface area contributed by atoms with E-state index in [1.54, 1.807) is 0 Å². The van der Waals surface area contributed by atoms with Gasteiger partial charge in [0.1, 0.15) is 0 Å². The fraction of sp³-hybridized carbons (Fsp3) is 0.533. The van der Waals surface area contributed by atoms with Gasteiger partial charge in [-0.25, -0.2) is 0 Å². The highest BCUT2D eigenvalue weighted by atomic mass is 35.5. The highest BCUT2D eigenvalue weighted by Crippen LogP contribution is 2.25. The van der Waals surface area contributed by atoms with Crippen molar-refractivity contribution < 1.29 is 9.90 Å². The molecule has 1 fully saturated rings. The zero-order valence-electron chi connectivity index (χ0n) is 11.5. The number of nitrogens with one attached hydrogen (secondary N) is 1. The first-order valence-electron chi connectivity index (χ1n) is 7.05. The third kappa shape index (κ3) is 5.12. The van der Waals surface area contributed by atoms with Gasteiger partial charge in [0.25, 0.3) is 0 Å². The van der Waals surface area contributed by atoms with E-state index in [2.05, 4.69) is 10.2 Å². The van der Waals surface area contributed by atoms with Crippen molar-refractivity contribution >= 4 is 17.5 Å². The van der Waals surface area contributed by atoms with E-state index in [4.69, 9.17) is 16.7 Å². The van der Waals surface area contributed by atoms with Crippen LogP contribution in [0.4, 0.5) is 0 Å². The normalized spacial score (nSPS) is 14.6. The van der Waals surface area contributed by atoms with Gasteiger partial charge in [0.05, 0.1) is 13.2 Å². The summed E-state index contributed by atoms with van der Waals surface area (Å²) in [6.07, 6.45) is 3.07. The van der Waals surface area contributed by atoms with Gasteiger partial charge >= 0.3 is 0 Å². The van der Waals surface area contributed by atoms with Crippen molar-refractivity contribution in [2.75, 3.05) is 26.2 Å². The Morgan fingerprint density at radius 2 is 2.05 bits per heavy atom. The zero-order valence-corrected chi connectivity index (χ0v) is 12.3. The molecule has 0 aromatic heterocycles. The van der Waals surface area contributed by atoms with Crippen LogP contribution >= 0.6 is 11.6 Å². The molecular formula is C15H21ClN2O2. The first-order valence-corrected chi connectivity index (χ1v) is 7.43. The fourth-order valence-corrected chi connectivity index (χ4v) is 2.32. The Kier molecular flexibility index (Phi) is 5.83. The summed E-state index contributed by atoms with van der Waals surface area (Å²) in [5.41, 5.74) is 1.16. The second kappa shape index (κ2) is 7.62. The average Bonchev–Trinajstić information content (AvgIpc) is 3.25. The van der Waals surface area contributed by atoms with Crippen LogP contribution in [-0.2, 0) is 11.2 Å². The summed E-state index contributed by atoms with van der Waals surface area (Å²) in [4.78, 5) is 13.9. The molecule has 0 saturated heterocycles. The highest BCUT2D eigenvalue weighted by Gasteiger charge is 2.29. The lowest BCUT2D eigenvalue weighted by atomic mass is 10.1. The van der Waals surface area contributed by atoms with Crippen molar-refractivity contribution in [1.82, 2.24) is 10.2 Å². The number of rotatable bonds is 8. The van der Waals surface area contributed by atoms with Gasteiger partial charge in [-0.05, 0) is 37.0 Å². The first kappa shape index (κ1) is 15.3. The zero-order chi connectivity index (χ0) is 14.4. The van der Waals surface area contributed by atoms with Gasteiger partial charge in [0.2, 0.25) is 5.91 Å². The Balaban J connectivity index is 1.67. The number of aliphatic hydroxyl groups excluding tert-OH is 1. The Morgan fingerprint density at radius 3 is 2.65 bits per heavy atom. The SMILES string of the molecule is O=C(CN(CCO)C1CC1)NCCc1ccc(Cl)cc1. The van der Waals surface area contributed by atoms with E-state index in [-0.39, 0.29) is 12.5 Å². The van der Waals surface area contributed by atoms with Crippen LogP contribution in [0.15, 0.2) is 24.3 Å². The summed E-state index contributed by atoms with van der Waals surface area (Å²) in [6, 6.07) is 8.14. The molecule has 20 heavy (non-hydrogen) atoms. The van der Waals surface area contributed by atoms with E-state index in [0.717, 1.165) is 29.8 Å². The number of halogens is 1. The average molecular weight is 297 g/mol. The Bertz CT molecular complexity index is 432. The summed E-state index contributed by atoms with van der Waals surface area (Å²) < 4.78 is 0. The molecule has 1 amide bonds. The largest absolute Gasteiger partial charge is 0.395 e. The van der Waals surface area contributed by atoms with Crippen molar-refractivity contribution in [3.63, 3.8) is 0 Å². The molecule has 1 aromatic carbocycles. The predicted molar refractivity (Wildman–Crippen MR) is 79.8 cm³/mol. The number of amides is 1. The van der Waals surface area contributed by atoms with E-state index in [1.807, 2.05) is 24.3 Å². The van der Waals surface area contributed by atoms with E-state index >= 15 is 0 Å². The topological polar surface area (TPSA) is 52.6 Å². The summed E-state index contributed by atoms with van der Waals surface area (Å²) in [5, 5.41) is 12.6. The summed E-state index contributed by atoms with van der Waals surface area (Å²) in [5.74, 6) is 0.0271. The van der Waals surface area contributed by atoms with Gasteiger partial charge in [0, 0.05) is 24.2 Å². The van der Waals surface area contributed by atoms with Crippen molar-refractivity contribution in [3.8, 4) is 0 Å². The Hall–Kier alpha value is -1.10. The van der Waals surface area contributed by atoms with E-state index < -0.39 is 0 Å². The lowest BCUT2D eigenvalue weighted by molar-refractivity contribution is -0.122. The van der Waals surface area contributed by atoms with Crippen molar-refractivity contribution in [1.29, 1.82) is 0 Å².